The summed E-state index contributed by atoms with van der Waals surface area (Å²) in [7, 11) is 1.49. The van der Waals surface area contributed by atoms with Crippen molar-refractivity contribution >= 4 is 5.96 Å². The molecule has 0 amide bonds. The van der Waals surface area contributed by atoms with E-state index in [1.54, 1.807) is 12.1 Å². The smallest absolute Gasteiger partial charge is 0.387 e. The van der Waals surface area contributed by atoms with E-state index in [1.807, 2.05) is 24.3 Å². The molecule has 8 heteroatoms. The largest absolute Gasteiger partial charge is 0.497 e. The molecule has 1 heterocycles. The number of nitrogens with two attached hydrogens (primary N) is 1. The Bertz CT molecular complexity index is 815. The molecule has 2 aromatic rings. The Morgan fingerprint density at radius 2 is 2.15 bits per heavy atom. The van der Waals surface area contributed by atoms with Crippen LogP contribution in [0.3, 0.4) is 0 Å². The van der Waals surface area contributed by atoms with Gasteiger partial charge >= 0.3 is 6.61 Å². The highest BCUT2D eigenvalue weighted by Crippen LogP contribution is 2.31. The Morgan fingerprint density at radius 1 is 1.33 bits per heavy atom. The van der Waals surface area contributed by atoms with Gasteiger partial charge in [-0.15, -0.1) is 0 Å². The number of aliphatic imine (C=N–C) groups is 1. The first kappa shape index (κ1) is 18.8. The number of benzene rings is 2. The molecule has 0 saturated heterocycles. The number of methoxy groups -OCH3 is 1. The molecule has 0 aliphatic carbocycles. The van der Waals surface area contributed by atoms with Crippen molar-refractivity contribution in [2.45, 2.75) is 25.6 Å². The van der Waals surface area contributed by atoms with Crippen LogP contribution in [0.2, 0.25) is 0 Å². The summed E-state index contributed by atoms with van der Waals surface area (Å²) in [5.74, 6) is 1.59. The number of ether oxygens (including phenoxy) is 3. The van der Waals surface area contributed by atoms with Gasteiger partial charge in [0.2, 0.25) is 0 Å². The van der Waals surface area contributed by atoms with Crippen LogP contribution in [-0.2, 0) is 6.54 Å². The van der Waals surface area contributed by atoms with E-state index in [0.717, 1.165) is 17.7 Å². The molecule has 6 nitrogen and oxygen atoms in total. The number of hydrogen-bond acceptors (Lipinski definition) is 4. The van der Waals surface area contributed by atoms with Crippen LogP contribution in [0.1, 0.15) is 23.6 Å². The summed E-state index contributed by atoms with van der Waals surface area (Å²) < 4.78 is 40.5. The fourth-order valence-electron chi connectivity index (χ4n) is 2.90. The van der Waals surface area contributed by atoms with Gasteiger partial charge < -0.3 is 25.3 Å². The van der Waals surface area contributed by atoms with Gasteiger partial charge in [0.1, 0.15) is 17.2 Å². The van der Waals surface area contributed by atoms with E-state index in [2.05, 4.69) is 15.0 Å². The molecular weight excluding hydrogens is 356 g/mol. The van der Waals surface area contributed by atoms with E-state index in [1.165, 1.54) is 13.2 Å². The number of guanidine groups is 1. The lowest BCUT2D eigenvalue weighted by Gasteiger charge is -2.27. The van der Waals surface area contributed by atoms with Gasteiger partial charge in [0.15, 0.2) is 5.96 Å². The quantitative estimate of drug-likeness (QED) is 0.597. The molecule has 0 saturated carbocycles. The molecule has 144 valence electrons. The highest BCUT2D eigenvalue weighted by Gasteiger charge is 2.21. The van der Waals surface area contributed by atoms with Crippen molar-refractivity contribution in [3.05, 3.63) is 53.6 Å². The van der Waals surface area contributed by atoms with Crippen LogP contribution < -0.4 is 25.3 Å². The summed E-state index contributed by atoms with van der Waals surface area (Å²) in [6.45, 7) is -2.27. The van der Waals surface area contributed by atoms with E-state index in [-0.39, 0.29) is 24.3 Å². The molecule has 0 fully saturated rings. The molecule has 1 unspecified atom stereocenters. The molecular formula is C19H21F2N3O3. The van der Waals surface area contributed by atoms with Crippen LogP contribution in [0.4, 0.5) is 8.78 Å². The summed E-state index contributed by atoms with van der Waals surface area (Å²) in [6, 6.07) is 12.3. The third-order valence-corrected chi connectivity index (χ3v) is 4.18. The van der Waals surface area contributed by atoms with Gasteiger partial charge in [0.05, 0.1) is 26.3 Å². The normalized spacial score (nSPS) is 16.4. The van der Waals surface area contributed by atoms with Crippen molar-refractivity contribution in [1.82, 2.24) is 5.32 Å². The van der Waals surface area contributed by atoms with Crippen molar-refractivity contribution in [3.63, 3.8) is 0 Å². The van der Waals surface area contributed by atoms with Gasteiger partial charge in [0, 0.05) is 17.5 Å². The summed E-state index contributed by atoms with van der Waals surface area (Å²) in [4.78, 5) is 4.27. The van der Waals surface area contributed by atoms with Gasteiger partial charge in [-0.05, 0) is 24.3 Å². The minimum atomic E-state index is -2.92. The number of rotatable bonds is 6. The molecule has 0 aromatic heterocycles. The Hall–Kier alpha value is -3.03. The molecule has 1 aliphatic heterocycles. The Labute approximate surface area is 155 Å². The zero-order valence-corrected chi connectivity index (χ0v) is 14.8. The van der Waals surface area contributed by atoms with Crippen LogP contribution in [0.15, 0.2) is 47.5 Å². The zero-order valence-electron chi connectivity index (χ0n) is 14.8. The highest BCUT2D eigenvalue weighted by molar-refractivity contribution is 5.78. The first-order valence-electron chi connectivity index (χ1n) is 8.46. The molecule has 2 aromatic carbocycles. The van der Waals surface area contributed by atoms with Crippen molar-refractivity contribution in [3.8, 4) is 17.2 Å². The molecule has 3 rings (SSSR count). The number of alkyl halides is 2. The fraction of sp³-hybridized carbons (Fsp3) is 0.316. The van der Waals surface area contributed by atoms with Gasteiger partial charge in [-0.1, -0.05) is 18.2 Å². The lowest BCUT2D eigenvalue weighted by atomic mass is 10.0. The number of halogens is 2. The lowest BCUT2D eigenvalue weighted by Crippen LogP contribution is -2.37. The number of nitrogens with zero attached hydrogens (tertiary/aromatic N) is 1. The summed E-state index contributed by atoms with van der Waals surface area (Å²) in [5, 5.41) is 3.16. The van der Waals surface area contributed by atoms with Gasteiger partial charge in [-0.25, -0.2) is 4.99 Å². The molecule has 0 radical (unpaired) electrons. The summed E-state index contributed by atoms with van der Waals surface area (Å²) in [5.41, 5.74) is 7.46. The van der Waals surface area contributed by atoms with Gasteiger partial charge in [-0.3, -0.25) is 0 Å². The monoisotopic (exact) mass is 377 g/mol. The van der Waals surface area contributed by atoms with E-state index < -0.39 is 6.61 Å². The summed E-state index contributed by atoms with van der Waals surface area (Å²) >= 11 is 0. The van der Waals surface area contributed by atoms with Crippen molar-refractivity contribution in [2.75, 3.05) is 13.7 Å². The molecule has 3 N–H and O–H groups in total. The maximum Gasteiger partial charge on any atom is 0.387 e. The van der Waals surface area contributed by atoms with Gasteiger partial charge in [-0.2, -0.15) is 8.78 Å². The Kier molecular flexibility index (Phi) is 5.95. The van der Waals surface area contributed by atoms with Crippen LogP contribution >= 0.6 is 0 Å². The standard InChI is InChI=1S/C19H21F2N3O3/c1-25-13-6-7-16(27-18(20)21)12(10-13)11-23-19(22)24-15-8-9-26-17-5-3-2-4-14(15)17/h2-7,10,15,18H,8-9,11H2,1H3,(H3,22,23,24). The SMILES string of the molecule is COc1ccc(OC(F)F)c(CN=C(N)NC2CCOc3ccccc32)c1. The van der Waals surface area contributed by atoms with E-state index in [0.29, 0.717) is 17.9 Å². The fourth-order valence-corrected chi connectivity index (χ4v) is 2.90. The zero-order chi connectivity index (χ0) is 19.2. The number of fused-ring (bicyclic) bond motifs is 1. The third-order valence-electron chi connectivity index (χ3n) is 4.18. The highest BCUT2D eigenvalue weighted by atomic mass is 19.3. The third kappa shape index (κ3) is 4.78. The van der Waals surface area contributed by atoms with Gasteiger partial charge in [0.25, 0.3) is 0 Å². The van der Waals surface area contributed by atoms with E-state index in [4.69, 9.17) is 15.2 Å². The lowest BCUT2D eigenvalue weighted by molar-refractivity contribution is -0.0504. The van der Waals surface area contributed by atoms with E-state index in [9.17, 15) is 8.78 Å². The second-order valence-corrected chi connectivity index (χ2v) is 5.93. The van der Waals surface area contributed by atoms with Crippen LogP contribution in [-0.4, -0.2) is 26.3 Å². The maximum atomic E-state index is 12.6. The molecule has 1 atom stereocenters. The molecule has 1 aliphatic rings. The topological polar surface area (TPSA) is 78.1 Å². The predicted octanol–water partition coefficient (Wildman–Crippen LogP) is 3.22. The summed E-state index contributed by atoms with van der Waals surface area (Å²) in [6.07, 6.45) is 0.742. The average molecular weight is 377 g/mol. The van der Waals surface area contributed by atoms with Crippen LogP contribution in [0, 0.1) is 0 Å². The number of para-hydroxylation sites is 1. The maximum absolute atomic E-state index is 12.6. The molecule has 0 spiro atoms. The Morgan fingerprint density at radius 3 is 2.93 bits per heavy atom. The number of nitrogens with one attached hydrogen (secondary N) is 1. The van der Waals surface area contributed by atoms with Crippen molar-refractivity contribution in [1.29, 1.82) is 0 Å². The predicted molar refractivity (Wildman–Crippen MR) is 97.4 cm³/mol. The van der Waals surface area contributed by atoms with Crippen LogP contribution in [0.25, 0.3) is 0 Å². The van der Waals surface area contributed by atoms with Crippen molar-refractivity contribution in [2.24, 2.45) is 10.7 Å². The molecule has 27 heavy (non-hydrogen) atoms. The van der Waals surface area contributed by atoms with Crippen LogP contribution in [0.5, 0.6) is 17.2 Å². The first-order valence-corrected chi connectivity index (χ1v) is 8.46. The first-order chi connectivity index (χ1) is 13.1. The second-order valence-electron chi connectivity index (χ2n) is 5.93. The molecule has 0 bridgehead atoms. The minimum Gasteiger partial charge on any atom is -0.497 e. The minimum absolute atomic E-state index is 0.0270. The average Bonchev–Trinajstić information content (AvgIpc) is 2.67. The number of hydrogen-bond donors (Lipinski definition) is 2. The second kappa shape index (κ2) is 8.57. The Balaban J connectivity index is 1.73. The van der Waals surface area contributed by atoms with Crippen molar-refractivity contribution < 1.29 is 23.0 Å². The van der Waals surface area contributed by atoms with E-state index >= 15 is 0 Å².